The maximum absolute atomic E-state index is 6.52. The summed E-state index contributed by atoms with van der Waals surface area (Å²) in [6.07, 6.45) is 6.92. The van der Waals surface area contributed by atoms with Crippen molar-refractivity contribution >= 4 is 23.5 Å². The van der Waals surface area contributed by atoms with Gasteiger partial charge in [0.25, 0.3) is 0 Å². The Hall–Kier alpha value is -1.00. The molecule has 1 aliphatic carbocycles. The van der Waals surface area contributed by atoms with Gasteiger partial charge in [-0.05, 0) is 73.4 Å². The molecule has 0 fully saturated rings. The van der Waals surface area contributed by atoms with Crippen LogP contribution in [-0.2, 0) is 19.3 Å². The first-order valence-corrected chi connectivity index (χ1v) is 12.5. The Morgan fingerprint density at radius 3 is 2.79 bits per heavy atom. The normalized spacial score (nSPS) is 18.6. The fraction of sp³-hybridized carbons (Fsp3) is 0.520. The average molecular weight is 431 g/mol. The standard InChI is InChI=1S/C25H35ClN2S/c1-3-16-29-28-15-7-8-19-11-12-20-13-14-25(27-4-2)23(22(20)17-19)18-21-9-5-6-10-24(21)26/h5-6,9-12,17,23,25,27-28H,3-4,7-8,13-16,18H2,1-2H3. The molecule has 0 saturated carbocycles. The maximum Gasteiger partial charge on any atom is 0.0438 e. The number of benzene rings is 2. The van der Waals surface area contributed by atoms with Crippen molar-refractivity contribution in [2.24, 2.45) is 0 Å². The van der Waals surface area contributed by atoms with Crippen molar-refractivity contribution in [3.8, 4) is 0 Å². The molecular weight excluding hydrogens is 396 g/mol. The summed E-state index contributed by atoms with van der Waals surface area (Å²) < 4.78 is 3.48. The van der Waals surface area contributed by atoms with Crippen molar-refractivity contribution in [3.63, 3.8) is 0 Å². The number of halogens is 1. The Morgan fingerprint density at radius 2 is 2.00 bits per heavy atom. The Bertz CT molecular complexity index is 764. The van der Waals surface area contributed by atoms with E-state index in [9.17, 15) is 0 Å². The zero-order chi connectivity index (χ0) is 20.5. The Labute approximate surface area is 186 Å². The van der Waals surface area contributed by atoms with Crippen molar-refractivity contribution in [1.82, 2.24) is 10.0 Å². The molecule has 0 aromatic heterocycles. The van der Waals surface area contributed by atoms with Gasteiger partial charge >= 0.3 is 0 Å². The molecule has 0 radical (unpaired) electrons. The van der Waals surface area contributed by atoms with Gasteiger partial charge in [-0.2, -0.15) is 0 Å². The third kappa shape index (κ3) is 6.49. The zero-order valence-electron chi connectivity index (χ0n) is 17.8. The van der Waals surface area contributed by atoms with E-state index in [4.69, 9.17) is 11.6 Å². The van der Waals surface area contributed by atoms with Crippen LogP contribution in [0.3, 0.4) is 0 Å². The highest BCUT2D eigenvalue weighted by atomic mass is 35.5. The molecule has 0 aliphatic heterocycles. The van der Waals surface area contributed by atoms with E-state index < -0.39 is 0 Å². The molecule has 2 atom stereocenters. The minimum Gasteiger partial charge on any atom is -0.314 e. The second kappa shape index (κ2) is 12.0. The fourth-order valence-electron chi connectivity index (χ4n) is 4.37. The highest BCUT2D eigenvalue weighted by Crippen LogP contribution is 2.36. The van der Waals surface area contributed by atoms with E-state index in [2.05, 4.69) is 54.2 Å². The molecule has 0 spiro atoms. The molecular formula is C25H35ClN2S. The second-order valence-electron chi connectivity index (χ2n) is 7.98. The number of rotatable bonds is 11. The van der Waals surface area contributed by atoms with Crippen LogP contribution < -0.4 is 10.0 Å². The summed E-state index contributed by atoms with van der Waals surface area (Å²) in [5, 5.41) is 4.64. The van der Waals surface area contributed by atoms with Gasteiger partial charge < -0.3 is 5.32 Å². The van der Waals surface area contributed by atoms with Gasteiger partial charge in [0.05, 0.1) is 0 Å². The monoisotopic (exact) mass is 430 g/mol. The van der Waals surface area contributed by atoms with E-state index in [1.165, 1.54) is 53.7 Å². The highest BCUT2D eigenvalue weighted by Gasteiger charge is 2.29. The summed E-state index contributed by atoms with van der Waals surface area (Å²) >= 11 is 8.37. The minimum atomic E-state index is 0.483. The van der Waals surface area contributed by atoms with Gasteiger partial charge in [0, 0.05) is 29.3 Å². The van der Waals surface area contributed by atoms with Crippen molar-refractivity contribution in [2.45, 2.75) is 64.3 Å². The summed E-state index contributed by atoms with van der Waals surface area (Å²) in [5.41, 5.74) is 5.79. The third-order valence-corrected chi connectivity index (χ3v) is 7.23. The molecule has 29 heavy (non-hydrogen) atoms. The molecule has 158 valence electrons. The summed E-state index contributed by atoms with van der Waals surface area (Å²) in [6.45, 7) is 6.52. The summed E-state index contributed by atoms with van der Waals surface area (Å²) in [7, 11) is 0. The van der Waals surface area contributed by atoms with Gasteiger partial charge in [0.2, 0.25) is 0 Å². The van der Waals surface area contributed by atoms with E-state index in [-0.39, 0.29) is 0 Å². The molecule has 1 aliphatic rings. The van der Waals surface area contributed by atoms with Crippen LogP contribution in [0.5, 0.6) is 0 Å². The van der Waals surface area contributed by atoms with Crippen LogP contribution in [0.4, 0.5) is 0 Å². The quantitative estimate of drug-likeness (QED) is 0.329. The largest absolute Gasteiger partial charge is 0.314 e. The van der Waals surface area contributed by atoms with Crippen LogP contribution in [0.1, 0.15) is 61.3 Å². The number of aryl methyl sites for hydroxylation is 2. The van der Waals surface area contributed by atoms with Gasteiger partial charge in [0.1, 0.15) is 0 Å². The Balaban J connectivity index is 1.73. The minimum absolute atomic E-state index is 0.483. The van der Waals surface area contributed by atoms with E-state index in [0.29, 0.717) is 12.0 Å². The topological polar surface area (TPSA) is 24.1 Å². The smallest absolute Gasteiger partial charge is 0.0438 e. The predicted octanol–water partition coefficient (Wildman–Crippen LogP) is 6.17. The van der Waals surface area contributed by atoms with Crippen molar-refractivity contribution in [1.29, 1.82) is 0 Å². The van der Waals surface area contributed by atoms with Gasteiger partial charge in [-0.25, -0.2) is 0 Å². The van der Waals surface area contributed by atoms with Gasteiger partial charge in [-0.1, -0.05) is 73.8 Å². The van der Waals surface area contributed by atoms with Crippen molar-refractivity contribution in [2.75, 3.05) is 18.8 Å². The molecule has 0 amide bonds. The molecule has 2 unspecified atom stereocenters. The molecule has 3 rings (SSSR count). The molecule has 0 heterocycles. The lowest BCUT2D eigenvalue weighted by molar-refractivity contribution is 0.392. The van der Waals surface area contributed by atoms with Crippen LogP contribution in [0, 0.1) is 0 Å². The van der Waals surface area contributed by atoms with Crippen molar-refractivity contribution in [3.05, 3.63) is 69.7 Å². The summed E-state index contributed by atoms with van der Waals surface area (Å²) in [4.78, 5) is 0. The zero-order valence-corrected chi connectivity index (χ0v) is 19.4. The molecule has 2 aromatic carbocycles. The van der Waals surface area contributed by atoms with Crippen LogP contribution in [0.25, 0.3) is 0 Å². The molecule has 0 saturated heterocycles. The Kier molecular flexibility index (Phi) is 9.38. The highest BCUT2D eigenvalue weighted by molar-refractivity contribution is 7.97. The number of hydrogen-bond acceptors (Lipinski definition) is 3. The van der Waals surface area contributed by atoms with Crippen LogP contribution in [0.2, 0.25) is 5.02 Å². The lowest BCUT2D eigenvalue weighted by Gasteiger charge is -2.35. The van der Waals surface area contributed by atoms with E-state index in [1.807, 2.05) is 24.1 Å². The summed E-state index contributed by atoms with van der Waals surface area (Å²) in [6, 6.07) is 16.1. The first-order valence-electron chi connectivity index (χ1n) is 11.2. The second-order valence-corrected chi connectivity index (χ2v) is 9.38. The van der Waals surface area contributed by atoms with Crippen LogP contribution in [0.15, 0.2) is 42.5 Å². The lowest BCUT2D eigenvalue weighted by atomic mass is 9.75. The van der Waals surface area contributed by atoms with Crippen LogP contribution >= 0.6 is 23.5 Å². The van der Waals surface area contributed by atoms with Gasteiger partial charge in [-0.3, -0.25) is 4.72 Å². The molecule has 4 heteroatoms. The Morgan fingerprint density at radius 1 is 1.14 bits per heavy atom. The van der Waals surface area contributed by atoms with Crippen molar-refractivity contribution < 1.29 is 0 Å². The third-order valence-electron chi connectivity index (χ3n) is 5.84. The van der Waals surface area contributed by atoms with E-state index in [1.54, 1.807) is 0 Å². The molecule has 2 nitrogen and oxygen atoms in total. The van der Waals surface area contributed by atoms with Crippen LogP contribution in [-0.4, -0.2) is 24.9 Å². The number of fused-ring (bicyclic) bond motifs is 1. The number of nitrogens with one attached hydrogen (secondary N) is 2. The average Bonchev–Trinajstić information content (AvgIpc) is 2.74. The van der Waals surface area contributed by atoms with Gasteiger partial charge in [0.15, 0.2) is 0 Å². The van der Waals surface area contributed by atoms with E-state index in [0.717, 1.165) is 31.0 Å². The van der Waals surface area contributed by atoms with E-state index >= 15 is 0 Å². The fourth-order valence-corrected chi connectivity index (χ4v) is 5.22. The van der Waals surface area contributed by atoms with Gasteiger partial charge in [-0.15, -0.1) is 0 Å². The number of hydrogen-bond donors (Lipinski definition) is 2. The molecule has 2 aromatic rings. The summed E-state index contributed by atoms with van der Waals surface area (Å²) in [5.74, 6) is 1.67. The molecule has 2 N–H and O–H groups in total. The first-order chi connectivity index (χ1) is 14.2. The number of likely N-dealkylation sites (N-methyl/N-ethyl adjacent to an activating group) is 1. The predicted molar refractivity (Wildman–Crippen MR) is 129 cm³/mol. The maximum atomic E-state index is 6.52. The lowest BCUT2D eigenvalue weighted by Crippen LogP contribution is -2.39. The SMILES string of the molecule is CCCSNCCCc1ccc2c(c1)C(Cc1ccccc1Cl)C(NCC)CC2. The molecule has 0 bridgehead atoms. The first kappa shape index (κ1) is 22.7.